The van der Waals surface area contributed by atoms with Crippen LogP contribution in [-0.4, -0.2) is 42.6 Å². The van der Waals surface area contributed by atoms with Crippen molar-refractivity contribution in [1.82, 2.24) is 16.0 Å². The topological polar surface area (TPSA) is 108 Å². The predicted octanol–water partition coefficient (Wildman–Crippen LogP) is 0.559. The number of rotatable bonds is 8. The van der Waals surface area contributed by atoms with Crippen LogP contribution in [0.1, 0.15) is 34.1 Å². The lowest BCUT2D eigenvalue weighted by Gasteiger charge is -2.19. The molecule has 0 aliphatic rings. The molecular weight excluding hydrogens is 262 g/mol. The van der Waals surface area contributed by atoms with Gasteiger partial charge in [0.1, 0.15) is 0 Å². The summed E-state index contributed by atoms with van der Waals surface area (Å²) < 4.78 is 0. The summed E-state index contributed by atoms with van der Waals surface area (Å²) in [7, 11) is 0. The highest BCUT2D eigenvalue weighted by Crippen LogP contribution is 2.12. The van der Waals surface area contributed by atoms with E-state index in [1.165, 1.54) is 13.8 Å². The number of aliphatic carboxylic acids is 1. The van der Waals surface area contributed by atoms with Crippen LogP contribution in [0.2, 0.25) is 0 Å². The first-order chi connectivity index (χ1) is 9.15. The molecule has 0 spiro atoms. The van der Waals surface area contributed by atoms with E-state index in [-0.39, 0.29) is 25.4 Å². The number of hydrogen-bond donors (Lipinski definition) is 4. The first-order valence-electron chi connectivity index (χ1n) is 6.67. The Hall–Kier alpha value is -1.79. The number of urea groups is 1. The molecule has 0 fully saturated rings. The second-order valence-corrected chi connectivity index (χ2v) is 5.75. The van der Waals surface area contributed by atoms with Crippen molar-refractivity contribution in [1.29, 1.82) is 0 Å². The second kappa shape index (κ2) is 8.39. The Labute approximate surface area is 119 Å². The zero-order valence-electron chi connectivity index (χ0n) is 12.6. The van der Waals surface area contributed by atoms with Crippen LogP contribution in [0.5, 0.6) is 0 Å². The molecule has 0 heterocycles. The molecule has 7 heteroatoms. The molecule has 7 nitrogen and oxygen atoms in total. The Kier molecular flexibility index (Phi) is 7.64. The maximum Gasteiger partial charge on any atom is 0.314 e. The number of carbonyl (C=O) groups excluding carboxylic acids is 2. The van der Waals surface area contributed by atoms with Gasteiger partial charge in [-0.3, -0.25) is 9.59 Å². The standard InChI is InChI=1S/C13H25N3O4/c1-9(2)7-15-10(17)5-6-14-12(20)16-8-13(3,4)11(18)19/h9H,5-8H2,1-4H3,(H,15,17)(H,18,19)(H2,14,16,20). The number of amides is 3. The zero-order chi connectivity index (χ0) is 15.8. The van der Waals surface area contributed by atoms with Crippen molar-refractivity contribution in [3.05, 3.63) is 0 Å². The van der Waals surface area contributed by atoms with Crippen LogP contribution in [0.15, 0.2) is 0 Å². The third kappa shape index (κ3) is 8.34. The van der Waals surface area contributed by atoms with Crippen LogP contribution in [0.4, 0.5) is 4.79 Å². The van der Waals surface area contributed by atoms with Crippen molar-refractivity contribution in [3.63, 3.8) is 0 Å². The van der Waals surface area contributed by atoms with Crippen molar-refractivity contribution in [2.45, 2.75) is 34.1 Å². The fourth-order valence-electron chi connectivity index (χ4n) is 1.14. The average Bonchev–Trinajstić information content (AvgIpc) is 2.34. The summed E-state index contributed by atoms with van der Waals surface area (Å²) in [6.07, 6.45) is 0.197. The third-order valence-corrected chi connectivity index (χ3v) is 2.61. The Morgan fingerprint density at radius 3 is 2.20 bits per heavy atom. The Bertz CT molecular complexity index is 354. The van der Waals surface area contributed by atoms with Crippen molar-refractivity contribution in [2.24, 2.45) is 11.3 Å². The molecule has 0 aromatic rings. The summed E-state index contributed by atoms with van der Waals surface area (Å²) in [5, 5.41) is 16.6. The molecule has 0 aliphatic heterocycles. The van der Waals surface area contributed by atoms with E-state index in [4.69, 9.17) is 5.11 Å². The summed E-state index contributed by atoms with van der Waals surface area (Å²) in [5.41, 5.74) is -1.02. The number of carboxylic acid groups (broad SMARTS) is 1. The van der Waals surface area contributed by atoms with Gasteiger partial charge in [-0.15, -0.1) is 0 Å². The van der Waals surface area contributed by atoms with Gasteiger partial charge in [0.2, 0.25) is 5.91 Å². The monoisotopic (exact) mass is 287 g/mol. The van der Waals surface area contributed by atoms with E-state index in [0.717, 1.165) is 0 Å². The molecule has 0 saturated carbocycles. The largest absolute Gasteiger partial charge is 0.481 e. The maximum atomic E-state index is 11.4. The fourth-order valence-corrected chi connectivity index (χ4v) is 1.14. The maximum absolute atomic E-state index is 11.4. The minimum atomic E-state index is -1.02. The molecule has 0 bridgehead atoms. The smallest absolute Gasteiger partial charge is 0.314 e. The lowest BCUT2D eigenvalue weighted by molar-refractivity contribution is -0.146. The summed E-state index contributed by atoms with van der Waals surface area (Å²) in [6.45, 7) is 7.88. The zero-order valence-corrected chi connectivity index (χ0v) is 12.6. The van der Waals surface area contributed by atoms with Gasteiger partial charge >= 0.3 is 12.0 Å². The van der Waals surface area contributed by atoms with Crippen LogP contribution < -0.4 is 16.0 Å². The molecule has 20 heavy (non-hydrogen) atoms. The van der Waals surface area contributed by atoms with E-state index < -0.39 is 17.4 Å². The van der Waals surface area contributed by atoms with Gasteiger partial charge < -0.3 is 21.1 Å². The molecule has 0 radical (unpaired) electrons. The lowest BCUT2D eigenvalue weighted by Crippen LogP contribution is -2.44. The Balaban J connectivity index is 3.79. The van der Waals surface area contributed by atoms with E-state index in [1.54, 1.807) is 0 Å². The minimum absolute atomic E-state index is 0.0215. The first-order valence-corrected chi connectivity index (χ1v) is 6.67. The summed E-state index contributed by atoms with van der Waals surface area (Å²) in [6, 6.07) is -0.476. The highest BCUT2D eigenvalue weighted by atomic mass is 16.4. The third-order valence-electron chi connectivity index (χ3n) is 2.61. The predicted molar refractivity (Wildman–Crippen MR) is 75.3 cm³/mol. The van der Waals surface area contributed by atoms with E-state index in [1.807, 2.05) is 13.8 Å². The fraction of sp³-hybridized carbons (Fsp3) is 0.769. The van der Waals surface area contributed by atoms with Crippen molar-refractivity contribution in [3.8, 4) is 0 Å². The highest BCUT2D eigenvalue weighted by molar-refractivity contribution is 5.79. The molecule has 116 valence electrons. The van der Waals surface area contributed by atoms with E-state index in [9.17, 15) is 14.4 Å². The average molecular weight is 287 g/mol. The molecule has 0 atom stereocenters. The molecule has 0 rings (SSSR count). The molecular formula is C13H25N3O4. The highest BCUT2D eigenvalue weighted by Gasteiger charge is 2.27. The molecule has 0 saturated heterocycles. The van der Waals surface area contributed by atoms with Gasteiger partial charge in [-0.2, -0.15) is 0 Å². The van der Waals surface area contributed by atoms with Crippen molar-refractivity contribution in [2.75, 3.05) is 19.6 Å². The van der Waals surface area contributed by atoms with Crippen molar-refractivity contribution < 1.29 is 19.5 Å². The number of carbonyl (C=O) groups is 3. The van der Waals surface area contributed by atoms with Gasteiger partial charge in [0.25, 0.3) is 0 Å². The molecule has 4 N–H and O–H groups in total. The lowest BCUT2D eigenvalue weighted by atomic mass is 9.94. The molecule has 0 aliphatic carbocycles. The normalized spacial score (nSPS) is 11.1. The van der Waals surface area contributed by atoms with Crippen LogP contribution in [0.25, 0.3) is 0 Å². The molecule has 0 unspecified atom stereocenters. The van der Waals surface area contributed by atoms with E-state index in [2.05, 4.69) is 16.0 Å². The van der Waals surface area contributed by atoms with E-state index in [0.29, 0.717) is 12.5 Å². The van der Waals surface area contributed by atoms with Gasteiger partial charge in [0, 0.05) is 26.1 Å². The van der Waals surface area contributed by atoms with Crippen LogP contribution in [0, 0.1) is 11.3 Å². The second-order valence-electron chi connectivity index (χ2n) is 5.75. The van der Waals surface area contributed by atoms with Crippen molar-refractivity contribution >= 4 is 17.9 Å². The number of nitrogens with one attached hydrogen (secondary N) is 3. The van der Waals surface area contributed by atoms with Crippen LogP contribution in [0.3, 0.4) is 0 Å². The van der Waals surface area contributed by atoms with E-state index >= 15 is 0 Å². The molecule has 0 aromatic carbocycles. The Morgan fingerprint density at radius 2 is 1.70 bits per heavy atom. The minimum Gasteiger partial charge on any atom is -0.481 e. The van der Waals surface area contributed by atoms with Crippen LogP contribution >= 0.6 is 0 Å². The molecule has 0 aromatic heterocycles. The number of hydrogen-bond acceptors (Lipinski definition) is 3. The molecule has 3 amide bonds. The summed E-state index contributed by atoms with van der Waals surface area (Å²) >= 11 is 0. The van der Waals surface area contributed by atoms with Gasteiger partial charge in [-0.05, 0) is 19.8 Å². The first kappa shape index (κ1) is 18.2. The SMILES string of the molecule is CC(C)CNC(=O)CCNC(=O)NCC(C)(C)C(=O)O. The van der Waals surface area contributed by atoms with Gasteiger partial charge in [-0.1, -0.05) is 13.8 Å². The van der Waals surface area contributed by atoms with Gasteiger partial charge in [0.15, 0.2) is 0 Å². The summed E-state index contributed by atoms with van der Waals surface area (Å²) in [4.78, 5) is 33.6. The van der Waals surface area contributed by atoms with Gasteiger partial charge in [-0.25, -0.2) is 4.79 Å². The quantitative estimate of drug-likeness (QED) is 0.523. The van der Waals surface area contributed by atoms with Crippen LogP contribution in [-0.2, 0) is 9.59 Å². The summed E-state index contributed by atoms with van der Waals surface area (Å²) in [5.74, 6) is -0.718. The Morgan fingerprint density at radius 1 is 1.10 bits per heavy atom. The number of carboxylic acids is 1. The van der Waals surface area contributed by atoms with Gasteiger partial charge in [0.05, 0.1) is 5.41 Å².